The minimum Gasteiger partial charge on any atom is -0.450 e. The summed E-state index contributed by atoms with van der Waals surface area (Å²) in [5.41, 5.74) is 0.189. The molecular weight excluding hydrogens is 426 g/mol. The minimum absolute atomic E-state index is 0.0363. The van der Waals surface area contributed by atoms with E-state index in [1.165, 1.54) is 18.2 Å². The zero-order chi connectivity index (χ0) is 22.4. The summed E-state index contributed by atoms with van der Waals surface area (Å²) in [5, 5.41) is 14.4. The van der Waals surface area contributed by atoms with E-state index in [9.17, 15) is 19.7 Å². The smallest absolute Gasteiger partial charge is 0.409 e. The number of halogens is 1. The van der Waals surface area contributed by atoms with Crippen molar-refractivity contribution in [3.8, 4) is 11.5 Å². The number of rotatable bonds is 6. The van der Waals surface area contributed by atoms with Crippen molar-refractivity contribution in [3.05, 3.63) is 63.2 Å². The van der Waals surface area contributed by atoms with Crippen LogP contribution in [0.5, 0.6) is 11.5 Å². The second-order valence-electron chi connectivity index (χ2n) is 6.93. The Morgan fingerprint density at radius 2 is 1.87 bits per heavy atom. The third-order valence-corrected chi connectivity index (χ3v) is 5.05. The SMILES string of the molecule is CCOC(=O)N1CCC(NC(=O)c2ccc(Oc3ccc(Cl)cc3[N+](=O)[O-])cc2)CC1. The number of carbonyl (C=O) groups is 2. The monoisotopic (exact) mass is 447 g/mol. The maximum atomic E-state index is 12.5. The first-order chi connectivity index (χ1) is 14.9. The van der Waals surface area contributed by atoms with Crippen LogP contribution in [-0.4, -0.2) is 47.6 Å². The summed E-state index contributed by atoms with van der Waals surface area (Å²) in [6.45, 7) is 3.14. The van der Waals surface area contributed by atoms with Crippen LogP contribution in [0.3, 0.4) is 0 Å². The number of benzene rings is 2. The topological polar surface area (TPSA) is 111 Å². The van der Waals surface area contributed by atoms with Crippen LogP contribution >= 0.6 is 11.6 Å². The van der Waals surface area contributed by atoms with E-state index in [2.05, 4.69) is 5.32 Å². The number of likely N-dealkylation sites (tertiary alicyclic amines) is 1. The molecule has 0 unspecified atom stereocenters. The molecule has 0 atom stereocenters. The predicted octanol–water partition coefficient (Wildman–Crippen LogP) is 4.39. The lowest BCUT2D eigenvalue weighted by Gasteiger charge is -2.31. The summed E-state index contributed by atoms with van der Waals surface area (Å²) in [7, 11) is 0. The fourth-order valence-electron chi connectivity index (χ4n) is 3.21. The number of nitro benzene ring substituents is 1. The van der Waals surface area contributed by atoms with Crippen LogP contribution < -0.4 is 10.1 Å². The molecule has 31 heavy (non-hydrogen) atoms. The van der Waals surface area contributed by atoms with Crippen molar-refractivity contribution in [3.63, 3.8) is 0 Å². The zero-order valence-electron chi connectivity index (χ0n) is 16.9. The average Bonchev–Trinajstić information content (AvgIpc) is 2.76. The van der Waals surface area contributed by atoms with Crippen molar-refractivity contribution in [2.45, 2.75) is 25.8 Å². The highest BCUT2D eigenvalue weighted by Gasteiger charge is 2.25. The summed E-state index contributed by atoms with van der Waals surface area (Å²) in [5.74, 6) is 0.170. The number of ether oxygens (including phenoxy) is 2. The zero-order valence-corrected chi connectivity index (χ0v) is 17.6. The van der Waals surface area contributed by atoms with E-state index in [4.69, 9.17) is 21.1 Å². The van der Waals surface area contributed by atoms with E-state index in [1.54, 1.807) is 36.1 Å². The Bertz CT molecular complexity index is 958. The number of nitrogens with zero attached hydrogens (tertiary/aromatic N) is 2. The number of hydrogen-bond donors (Lipinski definition) is 1. The van der Waals surface area contributed by atoms with E-state index >= 15 is 0 Å². The predicted molar refractivity (Wildman–Crippen MR) is 114 cm³/mol. The van der Waals surface area contributed by atoms with Crippen molar-refractivity contribution in [1.29, 1.82) is 0 Å². The molecule has 0 radical (unpaired) electrons. The van der Waals surface area contributed by atoms with Gasteiger partial charge in [-0.1, -0.05) is 11.6 Å². The molecule has 0 aromatic heterocycles. The van der Waals surface area contributed by atoms with Gasteiger partial charge >= 0.3 is 11.8 Å². The first kappa shape index (κ1) is 22.4. The highest BCUT2D eigenvalue weighted by atomic mass is 35.5. The molecule has 0 bridgehead atoms. The van der Waals surface area contributed by atoms with Gasteiger partial charge in [0.2, 0.25) is 5.75 Å². The standard InChI is InChI=1S/C21H22ClN3O6/c1-2-30-21(27)24-11-9-16(10-12-24)23-20(26)14-3-6-17(7-4-14)31-19-8-5-15(22)13-18(19)25(28)29/h3-8,13,16H,2,9-12H2,1H3,(H,23,26). The minimum atomic E-state index is -0.573. The fraction of sp³-hybridized carbons (Fsp3) is 0.333. The molecule has 9 nitrogen and oxygen atoms in total. The molecule has 2 amide bonds. The van der Waals surface area contributed by atoms with Gasteiger partial charge in [0.15, 0.2) is 0 Å². The number of piperidine rings is 1. The maximum absolute atomic E-state index is 12.5. The average molecular weight is 448 g/mol. The van der Waals surface area contributed by atoms with Crippen LogP contribution in [0.1, 0.15) is 30.1 Å². The van der Waals surface area contributed by atoms with Gasteiger partial charge in [-0.2, -0.15) is 0 Å². The van der Waals surface area contributed by atoms with Gasteiger partial charge < -0.3 is 19.7 Å². The van der Waals surface area contributed by atoms with Crippen LogP contribution in [0, 0.1) is 10.1 Å². The van der Waals surface area contributed by atoms with Crippen LogP contribution in [0.15, 0.2) is 42.5 Å². The normalized spacial score (nSPS) is 14.1. The Hall–Kier alpha value is -3.33. The van der Waals surface area contributed by atoms with Gasteiger partial charge in [-0.15, -0.1) is 0 Å². The molecule has 0 spiro atoms. The molecule has 1 aliphatic rings. The fourth-order valence-corrected chi connectivity index (χ4v) is 3.38. The van der Waals surface area contributed by atoms with Crippen LogP contribution in [0.2, 0.25) is 5.02 Å². The van der Waals surface area contributed by atoms with Gasteiger partial charge in [0.25, 0.3) is 5.91 Å². The molecular formula is C21H22ClN3O6. The van der Waals surface area contributed by atoms with E-state index < -0.39 is 4.92 Å². The molecule has 164 valence electrons. The van der Waals surface area contributed by atoms with E-state index in [1.807, 2.05) is 0 Å². The Balaban J connectivity index is 1.57. The van der Waals surface area contributed by atoms with Gasteiger partial charge in [0, 0.05) is 35.8 Å². The quantitative estimate of drug-likeness (QED) is 0.519. The van der Waals surface area contributed by atoms with Gasteiger partial charge in [0.1, 0.15) is 5.75 Å². The van der Waals surface area contributed by atoms with Crippen LogP contribution in [0.25, 0.3) is 0 Å². The largest absolute Gasteiger partial charge is 0.450 e. The molecule has 1 saturated heterocycles. The molecule has 0 aliphatic carbocycles. The van der Waals surface area contributed by atoms with Gasteiger partial charge in [-0.25, -0.2) is 4.79 Å². The first-order valence-electron chi connectivity index (χ1n) is 9.81. The second-order valence-corrected chi connectivity index (χ2v) is 7.37. The Kier molecular flexibility index (Phi) is 7.30. The summed E-state index contributed by atoms with van der Waals surface area (Å²) in [6.07, 6.45) is 0.960. The molecule has 1 fully saturated rings. The van der Waals surface area contributed by atoms with Gasteiger partial charge in [-0.3, -0.25) is 14.9 Å². The second kappa shape index (κ2) is 10.1. The first-order valence-corrected chi connectivity index (χ1v) is 10.2. The van der Waals surface area contributed by atoms with Crippen molar-refractivity contribution < 1.29 is 24.0 Å². The molecule has 1 heterocycles. The molecule has 1 aliphatic heterocycles. The van der Waals surface area contributed by atoms with E-state index in [0.29, 0.717) is 43.9 Å². The number of amides is 2. The van der Waals surface area contributed by atoms with E-state index in [-0.39, 0.29) is 34.5 Å². The van der Waals surface area contributed by atoms with Crippen LogP contribution in [-0.2, 0) is 4.74 Å². The molecule has 10 heteroatoms. The molecule has 3 rings (SSSR count). The van der Waals surface area contributed by atoms with Crippen molar-refractivity contribution in [2.75, 3.05) is 19.7 Å². The summed E-state index contributed by atoms with van der Waals surface area (Å²) < 4.78 is 10.6. The maximum Gasteiger partial charge on any atom is 0.409 e. The van der Waals surface area contributed by atoms with Crippen molar-refractivity contribution in [2.24, 2.45) is 0 Å². The third-order valence-electron chi connectivity index (χ3n) is 4.82. The number of nitro groups is 1. The molecule has 2 aromatic rings. The number of hydrogen-bond acceptors (Lipinski definition) is 6. The number of nitrogens with one attached hydrogen (secondary N) is 1. The Morgan fingerprint density at radius 1 is 1.19 bits per heavy atom. The summed E-state index contributed by atoms with van der Waals surface area (Å²) >= 11 is 5.81. The third kappa shape index (κ3) is 5.85. The molecule has 2 aromatic carbocycles. The Morgan fingerprint density at radius 3 is 2.48 bits per heavy atom. The van der Waals surface area contributed by atoms with Crippen molar-refractivity contribution >= 4 is 29.3 Å². The summed E-state index contributed by atoms with van der Waals surface area (Å²) in [6, 6.07) is 10.4. The molecule has 1 N–H and O–H groups in total. The lowest BCUT2D eigenvalue weighted by molar-refractivity contribution is -0.385. The van der Waals surface area contributed by atoms with Crippen molar-refractivity contribution in [1.82, 2.24) is 10.2 Å². The highest BCUT2D eigenvalue weighted by Crippen LogP contribution is 2.33. The van der Waals surface area contributed by atoms with Gasteiger partial charge in [0.05, 0.1) is 11.5 Å². The van der Waals surface area contributed by atoms with E-state index in [0.717, 1.165) is 0 Å². The lowest BCUT2D eigenvalue weighted by atomic mass is 10.0. The lowest BCUT2D eigenvalue weighted by Crippen LogP contribution is -2.46. The summed E-state index contributed by atoms with van der Waals surface area (Å²) in [4.78, 5) is 36.5. The highest BCUT2D eigenvalue weighted by molar-refractivity contribution is 6.30. The van der Waals surface area contributed by atoms with Crippen LogP contribution in [0.4, 0.5) is 10.5 Å². The Labute approximate surface area is 184 Å². The van der Waals surface area contributed by atoms with Gasteiger partial charge in [-0.05, 0) is 56.2 Å². The molecule has 0 saturated carbocycles. The number of carbonyl (C=O) groups excluding carboxylic acids is 2.